The SMILES string of the molecule is Nc1cccc2c1CN(CCN1CCc3ccccc3C1)C2=O. The highest BCUT2D eigenvalue weighted by Crippen LogP contribution is 2.27. The molecule has 23 heavy (non-hydrogen) atoms. The molecule has 2 aliphatic rings. The van der Waals surface area contributed by atoms with Gasteiger partial charge in [-0.3, -0.25) is 9.69 Å². The molecule has 2 aromatic rings. The summed E-state index contributed by atoms with van der Waals surface area (Å²) in [7, 11) is 0. The average molecular weight is 307 g/mol. The van der Waals surface area contributed by atoms with Gasteiger partial charge >= 0.3 is 0 Å². The topological polar surface area (TPSA) is 49.6 Å². The van der Waals surface area contributed by atoms with Crippen LogP contribution in [0.15, 0.2) is 42.5 Å². The number of anilines is 1. The molecule has 4 heteroatoms. The van der Waals surface area contributed by atoms with Crippen LogP contribution in [-0.4, -0.2) is 35.3 Å². The highest BCUT2D eigenvalue weighted by atomic mass is 16.2. The Balaban J connectivity index is 1.40. The van der Waals surface area contributed by atoms with Gasteiger partial charge in [0.05, 0.1) is 0 Å². The number of benzene rings is 2. The predicted octanol–water partition coefficient (Wildman–Crippen LogP) is 2.28. The summed E-state index contributed by atoms with van der Waals surface area (Å²) in [6.07, 6.45) is 1.09. The van der Waals surface area contributed by atoms with Crippen molar-refractivity contribution < 1.29 is 4.79 Å². The number of nitrogen functional groups attached to an aromatic ring is 1. The minimum absolute atomic E-state index is 0.115. The van der Waals surface area contributed by atoms with Crippen LogP contribution in [0.1, 0.15) is 27.0 Å². The second kappa shape index (κ2) is 5.70. The number of hydrogen-bond donors (Lipinski definition) is 1. The number of carbonyl (C=O) groups excluding carboxylic acids is 1. The number of fused-ring (bicyclic) bond motifs is 2. The van der Waals surface area contributed by atoms with E-state index in [4.69, 9.17) is 5.73 Å². The largest absolute Gasteiger partial charge is 0.398 e. The highest BCUT2D eigenvalue weighted by molar-refractivity contribution is 5.99. The van der Waals surface area contributed by atoms with Gasteiger partial charge in [0.25, 0.3) is 5.91 Å². The molecule has 0 saturated heterocycles. The summed E-state index contributed by atoms with van der Waals surface area (Å²) in [6, 6.07) is 14.2. The van der Waals surface area contributed by atoms with E-state index < -0.39 is 0 Å². The van der Waals surface area contributed by atoms with Gasteiger partial charge in [0.1, 0.15) is 0 Å². The molecule has 2 heterocycles. The highest BCUT2D eigenvalue weighted by Gasteiger charge is 2.29. The molecular formula is C19H21N3O. The van der Waals surface area contributed by atoms with Crippen molar-refractivity contribution in [3.05, 3.63) is 64.7 Å². The van der Waals surface area contributed by atoms with Gasteiger partial charge in [0.2, 0.25) is 0 Å². The van der Waals surface area contributed by atoms with Crippen LogP contribution in [0, 0.1) is 0 Å². The first-order chi connectivity index (χ1) is 11.2. The molecule has 2 aromatic carbocycles. The maximum atomic E-state index is 12.5. The number of nitrogens with zero attached hydrogens (tertiary/aromatic N) is 2. The first-order valence-corrected chi connectivity index (χ1v) is 8.18. The summed E-state index contributed by atoms with van der Waals surface area (Å²) in [6.45, 7) is 4.36. The molecule has 2 N–H and O–H groups in total. The lowest BCUT2D eigenvalue weighted by atomic mass is 10.00. The van der Waals surface area contributed by atoms with Crippen LogP contribution in [0.2, 0.25) is 0 Å². The summed E-state index contributed by atoms with van der Waals surface area (Å²) in [5, 5.41) is 0. The predicted molar refractivity (Wildman–Crippen MR) is 91.0 cm³/mol. The maximum Gasteiger partial charge on any atom is 0.254 e. The molecule has 0 spiro atoms. The molecule has 0 saturated carbocycles. The fourth-order valence-corrected chi connectivity index (χ4v) is 3.60. The van der Waals surface area contributed by atoms with E-state index in [-0.39, 0.29) is 5.91 Å². The fourth-order valence-electron chi connectivity index (χ4n) is 3.60. The second-order valence-corrected chi connectivity index (χ2v) is 6.39. The van der Waals surface area contributed by atoms with Crippen molar-refractivity contribution in [3.8, 4) is 0 Å². The van der Waals surface area contributed by atoms with E-state index in [0.29, 0.717) is 6.54 Å². The molecule has 0 aromatic heterocycles. The molecule has 4 nitrogen and oxygen atoms in total. The van der Waals surface area contributed by atoms with Crippen molar-refractivity contribution in [2.45, 2.75) is 19.5 Å². The third-order valence-electron chi connectivity index (χ3n) is 4.97. The van der Waals surface area contributed by atoms with Crippen LogP contribution in [0.4, 0.5) is 5.69 Å². The molecule has 0 radical (unpaired) electrons. The summed E-state index contributed by atoms with van der Waals surface area (Å²) in [4.78, 5) is 16.8. The zero-order valence-corrected chi connectivity index (χ0v) is 13.2. The second-order valence-electron chi connectivity index (χ2n) is 6.39. The Bertz CT molecular complexity index is 756. The van der Waals surface area contributed by atoms with Crippen LogP contribution in [0.3, 0.4) is 0 Å². The lowest BCUT2D eigenvalue weighted by Crippen LogP contribution is -2.38. The molecule has 2 aliphatic heterocycles. The monoisotopic (exact) mass is 307 g/mol. The van der Waals surface area contributed by atoms with Crippen LogP contribution < -0.4 is 5.73 Å². The molecular weight excluding hydrogens is 286 g/mol. The van der Waals surface area contributed by atoms with Crippen LogP contribution >= 0.6 is 0 Å². The maximum absolute atomic E-state index is 12.5. The third kappa shape index (κ3) is 2.59. The van der Waals surface area contributed by atoms with Crippen LogP contribution in [0.5, 0.6) is 0 Å². The Hall–Kier alpha value is -2.33. The molecule has 4 rings (SSSR count). The Morgan fingerprint density at radius 3 is 2.61 bits per heavy atom. The van der Waals surface area contributed by atoms with Crippen molar-refractivity contribution in [2.24, 2.45) is 0 Å². The van der Waals surface area contributed by atoms with Crippen LogP contribution in [-0.2, 0) is 19.5 Å². The molecule has 0 fully saturated rings. The van der Waals surface area contributed by atoms with E-state index in [1.54, 1.807) is 0 Å². The van der Waals surface area contributed by atoms with Crippen molar-refractivity contribution in [1.82, 2.24) is 9.80 Å². The summed E-state index contributed by atoms with van der Waals surface area (Å²) >= 11 is 0. The number of amides is 1. The van der Waals surface area contributed by atoms with Gasteiger partial charge in [-0.25, -0.2) is 0 Å². The van der Waals surface area contributed by atoms with E-state index in [1.807, 2.05) is 23.1 Å². The third-order valence-corrected chi connectivity index (χ3v) is 4.97. The summed E-state index contributed by atoms with van der Waals surface area (Å²) < 4.78 is 0. The van der Waals surface area contributed by atoms with Crippen LogP contribution in [0.25, 0.3) is 0 Å². The first-order valence-electron chi connectivity index (χ1n) is 8.18. The number of rotatable bonds is 3. The smallest absolute Gasteiger partial charge is 0.254 e. The molecule has 0 unspecified atom stereocenters. The molecule has 0 aliphatic carbocycles. The van der Waals surface area contributed by atoms with Crippen molar-refractivity contribution >= 4 is 11.6 Å². The van der Waals surface area contributed by atoms with Gasteiger partial charge < -0.3 is 10.6 Å². The molecule has 1 amide bonds. The van der Waals surface area contributed by atoms with E-state index in [0.717, 1.165) is 49.4 Å². The minimum Gasteiger partial charge on any atom is -0.398 e. The molecule has 0 atom stereocenters. The number of nitrogens with two attached hydrogens (primary N) is 1. The van der Waals surface area contributed by atoms with Gasteiger partial charge in [-0.05, 0) is 29.7 Å². The molecule has 0 bridgehead atoms. The quantitative estimate of drug-likeness (QED) is 0.885. The lowest BCUT2D eigenvalue weighted by Gasteiger charge is -2.30. The lowest BCUT2D eigenvalue weighted by molar-refractivity contribution is 0.0755. The van der Waals surface area contributed by atoms with E-state index in [1.165, 1.54) is 11.1 Å². The van der Waals surface area contributed by atoms with Crippen molar-refractivity contribution in [3.63, 3.8) is 0 Å². The Morgan fingerprint density at radius 1 is 0.957 bits per heavy atom. The zero-order chi connectivity index (χ0) is 15.8. The normalized spacial score (nSPS) is 17.2. The van der Waals surface area contributed by atoms with E-state index >= 15 is 0 Å². The van der Waals surface area contributed by atoms with Gasteiger partial charge in [0, 0.05) is 49.5 Å². The summed E-state index contributed by atoms with van der Waals surface area (Å²) in [5.41, 5.74) is 11.4. The van der Waals surface area contributed by atoms with Crippen molar-refractivity contribution in [2.75, 3.05) is 25.4 Å². The minimum atomic E-state index is 0.115. The first kappa shape index (κ1) is 14.3. The zero-order valence-electron chi connectivity index (χ0n) is 13.2. The van der Waals surface area contributed by atoms with E-state index in [9.17, 15) is 4.79 Å². The Morgan fingerprint density at radius 2 is 1.78 bits per heavy atom. The van der Waals surface area contributed by atoms with Gasteiger partial charge in [-0.1, -0.05) is 30.3 Å². The Labute approximate surface area is 136 Å². The van der Waals surface area contributed by atoms with Crippen molar-refractivity contribution in [1.29, 1.82) is 0 Å². The summed E-state index contributed by atoms with van der Waals surface area (Å²) in [5.74, 6) is 0.115. The average Bonchev–Trinajstić information content (AvgIpc) is 2.91. The van der Waals surface area contributed by atoms with E-state index in [2.05, 4.69) is 29.2 Å². The van der Waals surface area contributed by atoms with Gasteiger partial charge in [0.15, 0.2) is 0 Å². The van der Waals surface area contributed by atoms with Gasteiger partial charge in [-0.15, -0.1) is 0 Å². The fraction of sp³-hybridized carbons (Fsp3) is 0.316. The number of carbonyl (C=O) groups is 1. The molecule has 118 valence electrons. The van der Waals surface area contributed by atoms with Gasteiger partial charge in [-0.2, -0.15) is 0 Å². The Kier molecular flexibility index (Phi) is 3.54. The number of hydrogen-bond acceptors (Lipinski definition) is 3. The standard InChI is InChI=1S/C19H21N3O/c20-18-7-3-6-16-17(18)13-22(19(16)23)11-10-21-9-8-14-4-1-2-5-15(14)12-21/h1-7H,8-13,20H2.